The van der Waals surface area contributed by atoms with Gasteiger partial charge in [-0.15, -0.1) is 0 Å². The average molecular weight is 465 g/mol. The van der Waals surface area contributed by atoms with Gasteiger partial charge in [0.1, 0.15) is 12.4 Å². The third-order valence-corrected chi connectivity index (χ3v) is 7.00. The fourth-order valence-electron chi connectivity index (χ4n) is 4.99. The molecule has 7 nitrogen and oxygen atoms in total. The molecule has 1 fully saturated rings. The van der Waals surface area contributed by atoms with E-state index in [1.807, 2.05) is 31.5 Å². The monoisotopic (exact) mass is 464 g/mol. The topological polar surface area (TPSA) is 83.6 Å². The fourth-order valence-corrected chi connectivity index (χ4v) is 4.99. The summed E-state index contributed by atoms with van der Waals surface area (Å²) in [7, 11) is 0. The number of hydrogen-bond acceptors (Lipinski definition) is 5. The Morgan fingerprint density at radius 3 is 2.71 bits per heavy atom. The van der Waals surface area contributed by atoms with Gasteiger partial charge in [0.2, 0.25) is 5.91 Å². The molecule has 0 radical (unpaired) electrons. The molecule has 2 aromatic rings. The number of pyridine rings is 1. The van der Waals surface area contributed by atoms with E-state index in [-0.39, 0.29) is 23.3 Å². The number of ether oxygens (including phenoxy) is 1. The number of fused-ring (bicyclic) bond motifs is 1. The lowest BCUT2D eigenvalue weighted by Crippen LogP contribution is -2.51. The number of aromatic nitrogens is 1. The molecule has 0 bridgehead atoms. The first kappa shape index (κ1) is 24.2. The molecule has 2 aliphatic heterocycles. The number of carbonyl (C=O) groups is 2. The predicted molar refractivity (Wildman–Crippen MR) is 132 cm³/mol. The molecule has 2 N–H and O–H groups in total. The van der Waals surface area contributed by atoms with Crippen molar-refractivity contribution in [2.45, 2.75) is 58.5 Å². The third kappa shape index (κ3) is 5.95. The predicted octanol–water partition coefficient (Wildman–Crippen LogP) is 3.47. The van der Waals surface area contributed by atoms with Crippen molar-refractivity contribution in [3.05, 3.63) is 59.4 Å². The summed E-state index contributed by atoms with van der Waals surface area (Å²) in [6, 6.07) is 9.29. The van der Waals surface area contributed by atoms with Gasteiger partial charge in [0.05, 0.1) is 17.0 Å². The summed E-state index contributed by atoms with van der Waals surface area (Å²) in [5.74, 6) is 0.569. The molecule has 1 aromatic carbocycles. The van der Waals surface area contributed by atoms with Gasteiger partial charge >= 0.3 is 0 Å². The standard InChI is InChI=1S/C27H36N4O3/c1-20-15-22(17-28-16-20)18-31-13-10-27(11-14-31)9-5-6-12-29-25(32)23-7-3-4-8-24(23)34-19-21(2)30-26(27)33/h3-4,7-8,15-17,21H,5-6,9-14,18-19H2,1-2H3,(H,29,32)(H,30,33)/t21-/m1/s1. The minimum atomic E-state index is -0.373. The van der Waals surface area contributed by atoms with Crippen molar-refractivity contribution in [2.75, 3.05) is 26.2 Å². The van der Waals surface area contributed by atoms with E-state index in [2.05, 4.69) is 33.5 Å². The van der Waals surface area contributed by atoms with Gasteiger partial charge in [0, 0.05) is 25.5 Å². The van der Waals surface area contributed by atoms with Crippen LogP contribution in [0.4, 0.5) is 0 Å². The lowest BCUT2D eigenvalue weighted by molar-refractivity contribution is -0.135. The van der Waals surface area contributed by atoms with Gasteiger partial charge in [0.15, 0.2) is 0 Å². The zero-order valence-corrected chi connectivity index (χ0v) is 20.3. The van der Waals surface area contributed by atoms with E-state index in [4.69, 9.17) is 4.74 Å². The Morgan fingerprint density at radius 1 is 1.12 bits per heavy atom. The van der Waals surface area contributed by atoms with Gasteiger partial charge in [-0.25, -0.2) is 0 Å². The van der Waals surface area contributed by atoms with Gasteiger partial charge < -0.3 is 15.4 Å². The first-order valence-electron chi connectivity index (χ1n) is 12.4. The molecule has 3 heterocycles. The number of piperidine rings is 1. The van der Waals surface area contributed by atoms with Crippen molar-refractivity contribution < 1.29 is 14.3 Å². The molecule has 1 saturated heterocycles. The van der Waals surface area contributed by atoms with E-state index in [9.17, 15) is 9.59 Å². The second-order valence-corrected chi connectivity index (χ2v) is 9.82. The fraction of sp³-hybridized carbons (Fsp3) is 0.519. The van der Waals surface area contributed by atoms with Gasteiger partial charge in [-0.3, -0.25) is 19.5 Å². The molecule has 0 saturated carbocycles. The van der Waals surface area contributed by atoms with Crippen LogP contribution in [0.1, 0.15) is 60.5 Å². The van der Waals surface area contributed by atoms with Gasteiger partial charge in [-0.05, 0) is 75.9 Å². The summed E-state index contributed by atoms with van der Waals surface area (Å²) in [5.41, 5.74) is 2.54. The lowest BCUT2D eigenvalue weighted by Gasteiger charge is -2.41. The molecule has 0 aliphatic carbocycles. The molecule has 1 aromatic heterocycles. The molecular formula is C27H36N4O3. The van der Waals surface area contributed by atoms with E-state index < -0.39 is 0 Å². The van der Waals surface area contributed by atoms with Crippen molar-refractivity contribution in [2.24, 2.45) is 5.41 Å². The molecule has 0 unspecified atom stereocenters. The molecule has 4 rings (SSSR count). The normalized spacial score (nSPS) is 22.1. The summed E-state index contributed by atoms with van der Waals surface area (Å²) < 4.78 is 5.94. The molecule has 34 heavy (non-hydrogen) atoms. The molecule has 7 heteroatoms. The van der Waals surface area contributed by atoms with Crippen molar-refractivity contribution in [1.82, 2.24) is 20.5 Å². The first-order valence-corrected chi connectivity index (χ1v) is 12.4. The zero-order chi connectivity index (χ0) is 24.0. The Bertz CT molecular complexity index is 1000. The molecule has 2 aliphatic rings. The highest BCUT2D eigenvalue weighted by Crippen LogP contribution is 2.37. The van der Waals surface area contributed by atoms with Crippen LogP contribution in [0.5, 0.6) is 5.75 Å². The van der Waals surface area contributed by atoms with Crippen molar-refractivity contribution in [1.29, 1.82) is 0 Å². The molecule has 1 atom stereocenters. The van der Waals surface area contributed by atoms with E-state index in [0.717, 1.165) is 51.7 Å². The quantitative estimate of drug-likeness (QED) is 0.711. The number of para-hydroxylation sites is 1. The second-order valence-electron chi connectivity index (χ2n) is 9.82. The summed E-state index contributed by atoms with van der Waals surface area (Å²) in [4.78, 5) is 32.9. The van der Waals surface area contributed by atoms with Crippen LogP contribution in [-0.2, 0) is 11.3 Å². The minimum Gasteiger partial charge on any atom is -0.491 e. The number of nitrogens with zero attached hydrogens (tertiary/aromatic N) is 2. The number of benzene rings is 1. The number of amides is 2. The summed E-state index contributed by atoms with van der Waals surface area (Å²) in [6.07, 6.45) is 8.06. The number of nitrogens with one attached hydrogen (secondary N) is 2. The van der Waals surface area contributed by atoms with Crippen molar-refractivity contribution in [3.63, 3.8) is 0 Å². The Hall–Kier alpha value is -2.93. The molecule has 1 spiro atoms. The first-order chi connectivity index (χ1) is 16.4. The number of rotatable bonds is 2. The summed E-state index contributed by atoms with van der Waals surface area (Å²) >= 11 is 0. The van der Waals surface area contributed by atoms with E-state index in [1.165, 1.54) is 11.1 Å². The van der Waals surface area contributed by atoms with Crippen LogP contribution in [0.15, 0.2) is 42.7 Å². The van der Waals surface area contributed by atoms with E-state index in [1.54, 1.807) is 12.1 Å². The zero-order valence-electron chi connectivity index (χ0n) is 20.3. The smallest absolute Gasteiger partial charge is 0.255 e. The third-order valence-electron chi connectivity index (χ3n) is 7.00. The lowest BCUT2D eigenvalue weighted by atomic mass is 9.73. The Morgan fingerprint density at radius 2 is 1.91 bits per heavy atom. The van der Waals surface area contributed by atoms with Crippen LogP contribution in [0.25, 0.3) is 0 Å². The number of aryl methyl sites for hydroxylation is 1. The van der Waals surface area contributed by atoms with Gasteiger partial charge in [-0.1, -0.05) is 24.6 Å². The maximum atomic E-state index is 13.5. The molecule has 2 amide bonds. The SMILES string of the molecule is Cc1cncc(CN2CCC3(CCCCNC(=O)c4ccccc4OC[C@@H](C)NC3=O)CC2)c1. The number of likely N-dealkylation sites (tertiary alicyclic amines) is 1. The summed E-state index contributed by atoms with van der Waals surface area (Å²) in [5, 5.41) is 6.23. The van der Waals surface area contributed by atoms with E-state index in [0.29, 0.717) is 24.5 Å². The number of carbonyl (C=O) groups excluding carboxylic acids is 2. The van der Waals surface area contributed by atoms with Crippen LogP contribution in [0.2, 0.25) is 0 Å². The van der Waals surface area contributed by atoms with Gasteiger partial charge in [-0.2, -0.15) is 0 Å². The Kier molecular flexibility index (Phi) is 7.83. The maximum absolute atomic E-state index is 13.5. The Labute approximate surface area is 202 Å². The highest BCUT2D eigenvalue weighted by Gasteiger charge is 2.41. The largest absolute Gasteiger partial charge is 0.491 e. The van der Waals surface area contributed by atoms with Crippen LogP contribution in [0.3, 0.4) is 0 Å². The van der Waals surface area contributed by atoms with Crippen molar-refractivity contribution >= 4 is 11.8 Å². The van der Waals surface area contributed by atoms with Crippen LogP contribution in [-0.4, -0.2) is 54.0 Å². The maximum Gasteiger partial charge on any atom is 0.255 e. The van der Waals surface area contributed by atoms with E-state index >= 15 is 0 Å². The molecule has 182 valence electrons. The minimum absolute atomic E-state index is 0.113. The summed E-state index contributed by atoms with van der Waals surface area (Å²) in [6.45, 7) is 7.56. The van der Waals surface area contributed by atoms with Crippen molar-refractivity contribution in [3.8, 4) is 5.75 Å². The van der Waals surface area contributed by atoms with Crippen LogP contribution < -0.4 is 15.4 Å². The Balaban J connectivity index is 1.42. The second kappa shape index (κ2) is 11.0. The van der Waals surface area contributed by atoms with Crippen LogP contribution in [0, 0.1) is 12.3 Å². The highest BCUT2D eigenvalue weighted by molar-refractivity contribution is 5.96. The average Bonchev–Trinajstić information content (AvgIpc) is 2.83. The number of hydrogen-bond donors (Lipinski definition) is 2. The molecular weight excluding hydrogens is 428 g/mol. The van der Waals surface area contributed by atoms with Gasteiger partial charge in [0.25, 0.3) is 5.91 Å². The highest BCUT2D eigenvalue weighted by atomic mass is 16.5. The van der Waals surface area contributed by atoms with Crippen LogP contribution >= 0.6 is 0 Å².